The Labute approximate surface area is 180 Å². The molecule has 0 spiro atoms. The van der Waals surface area contributed by atoms with Crippen LogP contribution in [0.25, 0.3) is 0 Å². The minimum Gasteiger partial charge on any atom is -0.462 e. The number of carbonyl (C=O) groups excluding carboxylic acids is 2. The number of esters is 1. The first kappa shape index (κ1) is 20.3. The largest absolute Gasteiger partial charge is 0.462 e. The van der Waals surface area contributed by atoms with E-state index >= 15 is 4.39 Å². The molecular formula is C21H29FN4O3S. The number of hydrogen-bond acceptors (Lipinski definition) is 8. The van der Waals surface area contributed by atoms with Crippen LogP contribution < -0.4 is 0 Å². The molecule has 5 unspecified atom stereocenters. The number of alkyl halides is 1. The van der Waals surface area contributed by atoms with E-state index in [-0.39, 0.29) is 41.7 Å². The average molecular weight is 437 g/mol. The third kappa shape index (κ3) is 3.34. The first-order valence-corrected chi connectivity index (χ1v) is 12.1. The van der Waals surface area contributed by atoms with Crippen LogP contribution in [0.15, 0.2) is 16.9 Å². The van der Waals surface area contributed by atoms with Crippen molar-refractivity contribution < 1.29 is 18.7 Å². The van der Waals surface area contributed by atoms with Crippen molar-refractivity contribution >= 4 is 28.7 Å². The summed E-state index contributed by atoms with van der Waals surface area (Å²) in [6.07, 6.45) is 5.05. The molecule has 164 valence electrons. The second-order valence-corrected chi connectivity index (χ2v) is 9.89. The molecule has 0 aromatic carbocycles. The molecule has 5 aliphatic rings. The van der Waals surface area contributed by atoms with Gasteiger partial charge in [-0.25, -0.2) is 9.18 Å². The summed E-state index contributed by atoms with van der Waals surface area (Å²) in [6, 6.07) is -0.440. The zero-order chi connectivity index (χ0) is 20.8. The van der Waals surface area contributed by atoms with Gasteiger partial charge in [0.05, 0.1) is 23.9 Å². The Bertz CT molecular complexity index is 778. The summed E-state index contributed by atoms with van der Waals surface area (Å²) >= 11 is 1.65. The smallest absolute Gasteiger partial charge is 0.343 e. The third-order valence-corrected chi connectivity index (χ3v) is 8.36. The van der Waals surface area contributed by atoms with Crippen LogP contribution in [0.4, 0.5) is 4.39 Å². The van der Waals surface area contributed by atoms with E-state index in [2.05, 4.69) is 9.80 Å². The molecule has 3 fully saturated rings. The molecule has 0 aromatic rings. The molecule has 2 saturated heterocycles. The molecule has 30 heavy (non-hydrogen) atoms. The predicted molar refractivity (Wildman–Crippen MR) is 113 cm³/mol. The molecule has 0 amide bonds. The number of halogens is 1. The second kappa shape index (κ2) is 8.15. The molecule has 0 bridgehead atoms. The Morgan fingerprint density at radius 3 is 2.60 bits per heavy atom. The van der Waals surface area contributed by atoms with Crippen molar-refractivity contribution in [2.75, 3.05) is 32.8 Å². The highest BCUT2D eigenvalue weighted by Gasteiger charge is 2.57. The van der Waals surface area contributed by atoms with Crippen LogP contribution in [-0.4, -0.2) is 88.0 Å². The number of hydrazone groups is 1. The Balaban J connectivity index is 1.54. The Kier molecular flexibility index (Phi) is 5.51. The van der Waals surface area contributed by atoms with Gasteiger partial charge in [0.2, 0.25) is 0 Å². The fourth-order valence-electron chi connectivity index (χ4n) is 5.60. The zero-order valence-corrected chi connectivity index (χ0v) is 18.2. The standard InChI is InChI=1S/C21H29FN4O3S/c1-2-29-20(28)14-12-26-16-13(18(14)27)11-15(22)17(24-7-3-4-8-24)19(16)30-21(23-26)25-9-5-6-10-25/h12-13,15-17,19H,2-11H2,1H3. The van der Waals surface area contributed by atoms with Crippen molar-refractivity contribution in [3.05, 3.63) is 11.8 Å². The summed E-state index contributed by atoms with van der Waals surface area (Å²) in [7, 11) is 0. The lowest BCUT2D eigenvalue weighted by Crippen LogP contribution is -2.65. The van der Waals surface area contributed by atoms with E-state index in [4.69, 9.17) is 9.84 Å². The van der Waals surface area contributed by atoms with Gasteiger partial charge in [-0.2, -0.15) is 0 Å². The van der Waals surface area contributed by atoms with Gasteiger partial charge in [0.25, 0.3) is 0 Å². The van der Waals surface area contributed by atoms with Crippen molar-refractivity contribution in [2.24, 2.45) is 11.0 Å². The lowest BCUT2D eigenvalue weighted by molar-refractivity contribution is -0.142. The number of likely N-dealkylation sites (tertiary alicyclic amines) is 2. The maximum atomic E-state index is 15.6. The summed E-state index contributed by atoms with van der Waals surface area (Å²) in [4.78, 5) is 30.1. The number of carbonyl (C=O) groups is 2. The van der Waals surface area contributed by atoms with Crippen LogP contribution in [0.1, 0.15) is 39.0 Å². The highest BCUT2D eigenvalue weighted by Crippen LogP contribution is 2.47. The molecular weight excluding hydrogens is 407 g/mol. The van der Waals surface area contributed by atoms with E-state index in [1.54, 1.807) is 29.9 Å². The average Bonchev–Trinajstić information content (AvgIpc) is 3.44. The van der Waals surface area contributed by atoms with Crippen molar-refractivity contribution in [2.45, 2.75) is 62.5 Å². The van der Waals surface area contributed by atoms with Crippen molar-refractivity contribution in [1.82, 2.24) is 14.8 Å². The monoisotopic (exact) mass is 436 g/mol. The van der Waals surface area contributed by atoms with Crippen molar-refractivity contribution in [3.63, 3.8) is 0 Å². The SMILES string of the molecule is CCOC(=O)C1=CN2N=C(N3CCCC3)SC3C(N4CCCC4)C(F)CC(C1=O)C32. The van der Waals surface area contributed by atoms with Gasteiger partial charge < -0.3 is 9.64 Å². The molecule has 5 atom stereocenters. The number of Topliss-reactive ketones (excluding diaryl/α,β-unsaturated/α-hetero) is 1. The molecule has 7 nitrogen and oxygen atoms in total. The van der Waals surface area contributed by atoms with E-state index < -0.39 is 18.1 Å². The maximum Gasteiger partial charge on any atom is 0.343 e. The number of hydrogen-bond donors (Lipinski definition) is 0. The minimum atomic E-state index is -1.09. The summed E-state index contributed by atoms with van der Waals surface area (Å²) in [6.45, 7) is 5.62. The van der Waals surface area contributed by atoms with Gasteiger partial charge in [-0.05, 0) is 52.1 Å². The molecule has 4 aliphatic heterocycles. The fraction of sp³-hybridized carbons (Fsp3) is 0.762. The van der Waals surface area contributed by atoms with Gasteiger partial charge in [-0.1, -0.05) is 11.8 Å². The topological polar surface area (TPSA) is 65.5 Å². The number of nitrogens with zero attached hydrogens (tertiary/aromatic N) is 4. The quantitative estimate of drug-likeness (QED) is 0.495. The normalized spacial score (nSPS) is 36.5. The molecule has 0 N–H and O–H groups in total. The summed E-state index contributed by atoms with van der Waals surface area (Å²) < 4.78 is 20.7. The van der Waals surface area contributed by atoms with Gasteiger partial charge in [-0.3, -0.25) is 14.7 Å². The number of ketones is 1. The van der Waals surface area contributed by atoms with Gasteiger partial charge in [0.15, 0.2) is 11.0 Å². The Morgan fingerprint density at radius 1 is 1.20 bits per heavy atom. The highest BCUT2D eigenvalue weighted by molar-refractivity contribution is 8.14. The van der Waals surface area contributed by atoms with Crippen LogP contribution in [0.2, 0.25) is 0 Å². The lowest BCUT2D eigenvalue weighted by Gasteiger charge is -2.53. The van der Waals surface area contributed by atoms with Gasteiger partial charge in [0, 0.05) is 25.2 Å². The summed E-state index contributed by atoms with van der Waals surface area (Å²) in [5.41, 5.74) is 0.0000874. The lowest BCUT2D eigenvalue weighted by atomic mass is 9.74. The number of thioether (sulfide) groups is 1. The van der Waals surface area contributed by atoms with Gasteiger partial charge >= 0.3 is 5.97 Å². The predicted octanol–water partition coefficient (Wildman–Crippen LogP) is 1.99. The summed E-state index contributed by atoms with van der Waals surface area (Å²) in [5, 5.41) is 7.44. The highest BCUT2D eigenvalue weighted by atomic mass is 32.2. The molecule has 0 aromatic heterocycles. The first-order chi connectivity index (χ1) is 14.6. The molecule has 5 rings (SSSR count). The van der Waals surface area contributed by atoms with E-state index in [0.29, 0.717) is 0 Å². The molecule has 4 heterocycles. The van der Waals surface area contributed by atoms with E-state index in [0.717, 1.165) is 57.0 Å². The van der Waals surface area contributed by atoms with Crippen LogP contribution in [0, 0.1) is 5.92 Å². The molecule has 9 heteroatoms. The first-order valence-electron chi connectivity index (χ1n) is 11.2. The molecule has 0 radical (unpaired) electrons. The number of ether oxygens (including phenoxy) is 1. The Hall–Kier alpha value is -1.61. The van der Waals surface area contributed by atoms with Crippen LogP contribution in [0.3, 0.4) is 0 Å². The zero-order valence-electron chi connectivity index (χ0n) is 17.3. The van der Waals surface area contributed by atoms with E-state index in [1.807, 2.05) is 0 Å². The van der Waals surface area contributed by atoms with E-state index in [9.17, 15) is 9.59 Å². The minimum absolute atomic E-state index is 0.0000874. The Morgan fingerprint density at radius 2 is 1.90 bits per heavy atom. The maximum absolute atomic E-state index is 15.6. The molecule has 1 aliphatic carbocycles. The van der Waals surface area contributed by atoms with Crippen LogP contribution >= 0.6 is 11.8 Å². The van der Waals surface area contributed by atoms with Crippen LogP contribution in [-0.2, 0) is 14.3 Å². The third-order valence-electron chi connectivity index (χ3n) is 6.98. The van der Waals surface area contributed by atoms with Gasteiger partial charge in [0.1, 0.15) is 11.7 Å². The van der Waals surface area contributed by atoms with Gasteiger partial charge in [-0.15, -0.1) is 5.10 Å². The van der Waals surface area contributed by atoms with E-state index in [1.165, 1.54) is 0 Å². The van der Waals surface area contributed by atoms with Crippen molar-refractivity contribution in [3.8, 4) is 0 Å². The number of rotatable bonds is 3. The number of amidine groups is 1. The summed E-state index contributed by atoms with van der Waals surface area (Å²) in [5.74, 6) is -1.49. The second-order valence-electron chi connectivity index (χ2n) is 8.75. The van der Waals surface area contributed by atoms with Crippen molar-refractivity contribution in [1.29, 1.82) is 0 Å². The van der Waals surface area contributed by atoms with Crippen LogP contribution in [0.5, 0.6) is 0 Å². The molecule has 1 saturated carbocycles. The fourth-order valence-corrected chi connectivity index (χ4v) is 7.25.